The lowest BCUT2D eigenvalue weighted by Gasteiger charge is -2.09. The summed E-state index contributed by atoms with van der Waals surface area (Å²) in [5, 5.41) is 0. The molecule has 0 fully saturated rings. The summed E-state index contributed by atoms with van der Waals surface area (Å²) in [4.78, 5) is 3.82. The summed E-state index contributed by atoms with van der Waals surface area (Å²) >= 11 is 0. The number of pyridine rings is 1. The fraction of sp³-hybridized carbons (Fsp3) is 0.375. The van der Waals surface area contributed by atoms with Gasteiger partial charge in [0.15, 0.2) is 0 Å². The van der Waals surface area contributed by atoms with Gasteiger partial charge in [0.2, 0.25) is 5.88 Å². The highest BCUT2D eigenvalue weighted by Gasteiger charge is 2.10. The summed E-state index contributed by atoms with van der Waals surface area (Å²) < 4.78 is 32.8. The van der Waals surface area contributed by atoms with Crippen molar-refractivity contribution in [2.24, 2.45) is 0 Å². The lowest BCUT2D eigenvalue weighted by molar-refractivity contribution is -0.0504. The van der Waals surface area contributed by atoms with E-state index in [0.717, 1.165) is 0 Å². The Morgan fingerprint density at radius 1 is 1.46 bits per heavy atom. The highest BCUT2D eigenvalue weighted by molar-refractivity contribution is 5.38. The standard InChI is InChI=1S/C8H9F2NO2/c1-5-6(13-8(9)10)3-4-11-7(5)12-2/h3-4,8H,1-2H3. The van der Waals surface area contributed by atoms with Gasteiger partial charge < -0.3 is 9.47 Å². The van der Waals surface area contributed by atoms with Gasteiger partial charge in [-0.05, 0) is 13.0 Å². The Balaban J connectivity index is 2.94. The first kappa shape index (κ1) is 9.70. The van der Waals surface area contributed by atoms with Crippen molar-refractivity contribution in [3.05, 3.63) is 17.8 Å². The molecule has 1 aromatic heterocycles. The van der Waals surface area contributed by atoms with E-state index in [1.807, 2.05) is 0 Å². The van der Waals surface area contributed by atoms with Crippen molar-refractivity contribution < 1.29 is 18.3 Å². The highest BCUT2D eigenvalue weighted by Crippen LogP contribution is 2.25. The van der Waals surface area contributed by atoms with E-state index in [-0.39, 0.29) is 11.6 Å². The monoisotopic (exact) mass is 189 g/mol. The van der Waals surface area contributed by atoms with Crippen LogP contribution in [0, 0.1) is 6.92 Å². The molecule has 0 saturated carbocycles. The van der Waals surface area contributed by atoms with Crippen LogP contribution in [-0.2, 0) is 0 Å². The van der Waals surface area contributed by atoms with Crippen molar-refractivity contribution in [1.29, 1.82) is 0 Å². The third kappa shape index (κ3) is 2.27. The molecule has 0 bridgehead atoms. The first-order valence-electron chi connectivity index (χ1n) is 3.59. The molecule has 13 heavy (non-hydrogen) atoms. The molecule has 1 heterocycles. The second kappa shape index (κ2) is 4.02. The number of hydrogen-bond acceptors (Lipinski definition) is 3. The van der Waals surface area contributed by atoms with Gasteiger partial charge >= 0.3 is 6.61 Å². The van der Waals surface area contributed by atoms with E-state index in [0.29, 0.717) is 5.56 Å². The second-order valence-electron chi connectivity index (χ2n) is 2.32. The van der Waals surface area contributed by atoms with Crippen LogP contribution in [0.15, 0.2) is 12.3 Å². The molecule has 0 aliphatic heterocycles. The zero-order valence-electron chi connectivity index (χ0n) is 7.25. The van der Waals surface area contributed by atoms with E-state index in [2.05, 4.69) is 9.72 Å². The van der Waals surface area contributed by atoms with Gasteiger partial charge in [-0.2, -0.15) is 8.78 Å². The first-order chi connectivity index (χ1) is 6.15. The van der Waals surface area contributed by atoms with Crippen molar-refractivity contribution in [3.63, 3.8) is 0 Å². The Kier molecular flexibility index (Phi) is 3.00. The van der Waals surface area contributed by atoms with Crippen molar-refractivity contribution in [2.75, 3.05) is 7.11 Å². The third-order valence-electron chi connectivity index (χ3n) is 1.52. The molecule has 0 saturated heterocycles. The van der Waals surface area contributed by atoms with Gasteiger partial charge in [0.05, 0.1) is 12.7 Å². The van der Waals surface area contributed by atoms with Gasteiger partial charge in [0.25, 0.3) is 0 Å². The maximum absolute atomic E-state index is 11.9. The summed E-state index contributed by atoms with van der Waals surface area (Å²) in [6.45, 7) is -1.23. The summed E-state index contributed by atoms with van der Waals surface area (Å²) in [7, 11) is 1.42. The predicted molar refractivity (Wildman–Crippen MR) is 42.2 cm³/mol. The summed E-state index contributed by atoms with van der Waals surface area (Å²) in [6.07, 6.45) is 1.35. The Morgan fingerprint density at radius 2 is 2.15 bits per heavy atom. The van der Waals surface area contributed by atoms with Crippen LogP contribution in [-0.4, -0.2) is 18.7 Å². The van der Waals surface area contributed by atoms with Crippen molar-refractivity contribution in [3.8, 4) is 11.6 Å². The molecule has 72 valence electrons. The van der Waals surface area contributed by atoms with Gasteiger partial charge in [-0.25, -0.2) is 4.98 Å². The maximum atomic E-state index is 11.9. The van der Waals surface area contributed by atoms with Crippen molar-refractivity contribution in [1.82, 2.24) is 4.98 Å². The molecule has 5 heteroatoms. The second-order valence-corrected chi connectivity index (χ2v) is 2.32. The quantitative estimate of drug-likeness (QED) is 0.728. The minimum absolute atomic E-state index is 0.0850. The number of alkyl halides is 2. The van der Waals surface area contributed by atoms with Crippen molar-refractivity contribution in [2.45, 2.75) is 13.5 Å². The zero-order chi connectivity index (χ0) is 9.84. The molecule has 3 nitrogen and oxygen atoms in total. The number of rotatable bonds is 3. The van der Waals surface area contributed by atoms with Gasteiger partial charge in [-0.15, -0.1) is 0 Å². The largest absolute Gasteiger partial charge is 0.481 e. The lowest BCUT2D eigenvalue weighted by Crippen LogP contribution is -2.04. The lowest BCUT2D eigenvalue weighted by atomic mass is 10.3. The van der Waals surface area contributed by atoms with Crippen LogP contribution in [0.2, 0.25) is 0 Å². The minimum atomic E-state index is -2.83. The SMILES string of the molecule is COc1nccc(OC(F)F)c1C. The summed E-state index contributed by atoms with van der Waals surface area (Å²) in [6, 6.07) is 1.37. The van der Waals surface area contributed by atoms with Gasteiger partial charge in [-0.1, -0.05) is 0 Å². The molecular formula is C8H9F2NO2. The molecule has 0 unspecified atom stereocenters. The minimum Gasteiger partial charge on any atom is -0.481 e. The first-order valence-corrected chi connectivity index (χ1v) is 3.59. The van der Waals surface area contributed by atoms with E-state index in [9.17, 15) is 8.78 Å². The van der Waals surface area contributed by atoms with Crippen molar-refractivity contribution >= 4 is 0 Å². The average Bonchev–Trinajstić information content (AvgIpc) is 2.08. The number of nitrogens with zero attached hydrogens (tertiary/aromatic N) is 1. The van der Waals surface area contributed by atoms with Crippen LogP contribution in [0.25, 0.3) is 0 Å². The van der Waals surface area contributed by atoms with Crippen LogP contribution in [0.5, 0.6) is 11.6 Å². The Bertz CT molecular complexity index is 291. The van der Waals surface area contributed by atoms with E-state index < -0.39 is 6.61 Å². The van der Waals surface area contributed by atoms with Crippen LogP contribution in [0.1, 0.15) is 5.56 Å². The molecule has 1 aromatic rings. The Hall–Kier alpha value is -1.39. The van der Waals surface area contributed by atoms with Gasteiger partial charge in [0, 0.05) is 6.20 Å². The number of hydrogen-bond donors (Lipinski definition) is 0. The molecule has 0 aliphatic carbocycles. The molecule has 0 radical (unpaired) electrons. The molecule has 0 spiro atoms. The number of ether oxygens (including phenoxy) is 2. The third-order valence-corrected chi connectivity index (χ3v) is 1.52. The topological polar surface area (TPSA) is 31.4 Å². The van der Waals surface area contributed by atoms with Crippen LogP contribution < -0.4 is 9.47 Å². The number of methoxy groups -OCH3 is 1. The summed E-state index contributed by atoms with van der Waals surface area (Å²) in [5.41, 5.74) is 0.463. The summed E-state index contributed by atoms with van der Waals surface area (Å²) in [5.74, 6) is 0.375. The molecule has 1 rings (SSSR count). The molecule has 0 aliphatic rings. The molecule has 0 aromatic carbocycles. The van der Waals surface area contributed by atoms with Gasteiger partial charge in [0.1, 0.15) is 5.75 Å². The van der Waals surface area contributed by atoms with E-state index in [1.54, 1.807) is 6.92 Å². The predicted octanol–water partition coefficient (Wildman–Crippen LogP) is 2.00. The average molecular weight is 189 g/mol. The van der Waals surface area contributed by atoms with E-state index in [1.165, 1.54) is 19.4 Å². The molecule has 0 atom stereocenters. The zero-order valence-corrected chi connectivity index (χ0v) is 7.25. The van der Waals surface area contributed by atoms with Gasteiger partial charge in [-0.3, -0.25) is 0 Å². The number of aromatic nitrogens is 1. The Labute approximate surface area is 74.3 Å². The van der Waals surface area contributed by atoms with Crippen LogP contribution >= 0.6 is 0 Å². The Morgan fingerprint density at radius 3 is 2.69 bits per heavy atom. The maximum Gasteiger partial charge on any atom is 0.387 e. The van der Waals surface area contributed by atoms with Crippen LogP contribution in [0.4, 0.5) is 8.78 Å². The molecule has 0 N–H and O–H groups in total. The fourth-order valence-corrected chi connectivity index (χ4v) is 0.929. The molecular weight excluding hydrogens is 180 g/mol. The van der Waals surface area contributed by atoms with E-state index >= 15 is 0 Å². The van der Waals surface area contributed by atoms with E-state index in [4.69, 9.17) is 4.74 Å². The normalized spacial score (nSPS) is 10.2. The number of halogens is 2. The smallest absolute Gasteiger partial charge is 0.387 e. The molecule has 0 amide bonds. The fourth-order valence-electron chi connectivity index (χ4n) is 0.929. The van der Waals surface area contributed by atoms with Crippen LogP contribution in [0.3, 0.4) is 0 Å². The highest BCUT2D eigenvalue weighted by atomic mass is 19.3.